The van der Waals surface area contributed by atoms with Crippen molar-refractivity contribution < 1.29 is 33.7 Å². The number of ether oxygens (including phenoxy) is 3. The van der Waals surface area contributed by atoms with Crippen molar-refractivity contribution in [2.45, 2.75) is 31.2 Å². The normalized spacial score (nSPS) is 29.7. The van der Waals surface area contributed by atoms with Crippen LogP contribution in [0.4, 0.5) is 0 Å². The Labute approximate surface area is 166 Å². The lowest BCUT2D eigenvalue weighted by atomic mass is 9.94. The minimum atomic E-state index is -2.36. The number of aliphatic hydroxyl groups is 1. The van der Waals surface area contributed by atoms with Crippen molar-refractivity contribution in [3.05, 3.63) is 71.8 Å². The Morgan fingerprint density at radius 2 is 1.34 bits per heavy atom. The highest BCUT2D eigenvalue weighted by Crippen LogP contribution is 2.43. The summed E-state index contributed by atoms with van der Waals surface area (Å²) in [7, 11) is 0. The standard InChI is InChI=1S/C22H18O7/c1-21-18(14-8-4-2-5-9-14)19(15-10-6-3-7-11-15)27-16(23)12-22(26,20(25)29-21)13-17(24)28-21/h2-11,26H,12-13H2,1H3/b19-18-. The van der Waals surface area contributed by atoms with Gasteiger partial charge in [0.15, 0.2) is 5.60 Å². The first kappa shape index (κ1) is 18.9. The predicted molar refractivity (Wildman–Crippen MR) is 101 cm³/mol. The molecular weight excluding hydrogens is 376 g/mol. The van der Waals surface area contributed by atoms with Crippen LogP contribution < -0.4 is 0 Å². The fourth-order valence-corrected chi connectivity index (χ4v) is 3.53. The summed E-state index contributed by atoms with van der Waals surface area (Å²) in [5.74, 6) is -4.69. The Bertz CT molecular complexity index is 1010. The van der Waals surface area contributed by atoms with Gasteiger partial charge in [0.2, 0.25) is 0 Å². The highest BCUT2D eigenvalue weighted by atomic mass is 16.7. The van der Waals surface area contributed by atoms with Gasteiger partial charge in [-0.15, -0.1) is 0 Å². The maximum atomic E-state index is 12.7. The molecule has 0 aliphatic carbocycles. The fraction of sp³-hybridized carbons (Fsp3) is 0.227. The predicted octanol–water partition coefficient (Wildman–Crippen LogP) is 2.44. The number of esters is 3. The SMILES string of the molecule is CC12OC(=O)CC(O)(CC(=O)O/C(c3ccccc3)=C\1c1ccccc1)C(=O)O2. The van der Waals surface area contributed by atoms with E-state index in [0.717, 1.165) is 0 Å². The number of carbonyl (C=O) groups excluding carboxylic acids is 3. The van der Waals surface area contributed by atoms with Gasteiger partial charge in [-0.2, -0.15) is 0 Å². The maximum absolute atomic E-state index is 12.7. The summed E-state index contributed by atoms with van der Waals surface area (Å²) in [6.45, 7) is 1.39. The number of hydrogen-bond acceptors (Lipinski definition) is 7. The van der Waals surface area contributed by atoms with Crippen LogP contribution in [0.3, 0.4) is 0 Å². The van der Waals surface area contributed by atoms with Crippen molar-refractivity contribution in [2.24, 2.45) is 0 Å². The number of rotatable bonds is 2. The van der Waals surface area contributed by atoms with Gasteiger partial charge in [0.25, 0.3) is 5.79 Å². The van der Waals surface area contributed by atoms with Gasteiger partial charge in [-0.3, -0.25) is 9.59 Å². The van der Waals surface area contributed by atoms with E-state index in [9.17, 15) is 19.5 Å². The van der Waals surface area contributed by atoms with Crippen LogP contribution in [-0.4, -0.2) is 34.4 Å². The van der Waals surface area contributed by atoms with E-state index in [-0.39, 0.29) is 11.3 Å². The lowest BCUT2D eigenvalue weighted by Gasteiger charge is -2.31. The monoisotopic (exact) mass is 394 g/mol. The second-order valence-corrected chi connectivity index (χ2v) is 7.10. The first-order valence-electron chi connectivity index (χ1n) is 9.05. The molecule has 0 amide bonds. The zero-order valence-electron chi connectivity index (χ0n) is 15.6. The lowest BCUT2D eigenvalue weighted by Crippen LogP contribution is -2.44. The molecule has 1 N–H and O–H groups in total. The van der Waals surface area contributed by atoms with Gasteiger partial charge < -0.3 is 19.3 Å². The lowest BCUT2D eigenvalue weighted by molar-refractivity contribution is -0.201. The highest BCUT2D eigenvalue weighted by Gasteiger charge is 2.54. The molecule has 0 saturated carbocycles. The van der Waals surface area contributed by atoms with Gasteiger partial charge in [-0.25, -0.2) is 4.79 Å². The van der Waals surface area contributed by atoms with Crippen molar-refractivity contribution in [3.63, 3.8) is 0 Å². The second-order valence-electron chi connectivity index (χ2n) is 7.10. The summed E-state index contributed by atoms with van der Waals surface area (Å²) in [5, 5.41) is 10.7. The molecule has 148 valence electrons. The Morgan fingerprint density at radius 1 is 0.793 bits per heavy atom. The Hall–Kier alpha value is -3.45. The van der Waals surface area contributed by atoms with E-state index in [1.54, 1.807) is 60.7 Å². The Balaban J connectivity index is 2.05. The van der Waals surface area contributed by atoms with E-state index in [0.29, 0.717) is 11.1 Å². The van der Waals surface area contributed by atoms with Gasteiger partial charge in [0.05, 0.1) is 18.4 Å². The molecule has 2 unspecified atom stereocenters. The first-order chi connectivity index (χ1) is 13.8. The molecule has 4 rings (SSSR count). The zero-order valence-corrected chi connectivity index (χ0v) is 15.6. The highest BCUT2D eigenvalue weighted by molar-refractivity contribution is 6.00. The molecule has 29 heavy (non-hydrogen) atoms. The van der Waals surface area contributed by atoms with Crippen LogP contribution >= 0.6 is 0 Å². The molecule has 7 nitrogen and oxygen atoms in total. The quantitative estimate of drug-likeness (QED) is 0.781. The third-order valence-electron chi connectivity index (χ3n) is 4.85. The van der Waals surface area contributed by atoms with E-state index in [4.69, 9.17) is 14.2 Å². The largest absolute Gasteiger partial charge is 0.425 e. The minimum Gasteiger partial charge on any atom is -0.425 e. The topological polar surface area (TPSA) is 99.1 Å². The molecule has 7 heteroatoms. The smallest absolute Gasteiger partial charge is 0.342 e. The van der Waals surface area contributed by atoms with E-state index >= 15 is 0 Å². The summed E-state index contributed by atoms with van der Waals surface area (Å²) >= 11 is 0. The number of fused-ring (bicyclic) bond motifs is 3. The summed E-state index contributed by atoms with van der Waals surface area (Å²) < 4.78 is 16.6. The van der Waals surface area contributed by atoms with Crippen molar-refractivity contribution >= 4 is 29.2 Å². The Kier molecular flexibility index (Phi) is 4.47. The van der Waals surface area contributed by atoms with Crippen molar-refractivity contribution in [1.82, 2.24) is 0 Å². The van der Waals surface area contributed by atoms with Gasteiger partial charge in [-0.05, 0) is 5.56 Å². The van der Waals surface area contributed by atoms with Gasteiger partial charge in [0.1, 0.15) is 5.76 Å². The molecule has 2 aliphatic rings. The van der Waals surface area contributed by atoms with Crippen molar-refractivity contribution in [2.75, 3.05) is 0 Å². The van der Waals surface area contributed by atoms with E-state index in [2.05, 4.69) is 0 Å². The molecule has 0 aromatic heterocycles. The zero-order chi connectivity index (χ0) is 20.6. The van der Waals surface area contributed by atoms with Gasteiger partial charge in [0, 0.05) is 12.5 Å². The third-order valence-corrected chi connectivity index (χ3v) is 4.85. The summed E-state index contributed by atoms with van der Waals surface area (Å²) in [6.07, 6.45) is -1.45. The number of hydrogen-bond donors (Lipinski definition) is 1. The Morgan fingerprint density at radius 3 is 1.97 bits per heavy atom. The molecule has 2 aliphatic heterocycles. The van der Waals surface area contributed by atoms with E-state index < -0.39 is 42.1 Å². The fourth-order valence-electron chi connectivity index (χ4n) is 3.53. The molecule has 2 aromatic carbocycles. The average Bonchev–Trinajstić information content (AvgIpc) is 2.73. The minimum absolute atomic E-state index is 0.0797. The number of carbonyl (C=O) groups is 3. The maximum Gasteiger partial charge on any atom is 0.342 e. The molecular formula is C22H18O7. The summed E-state index contributed by atoms with van der Waals surface area (Å²) in [6, 6.07) is 17.5. The summed E-state index contributed by atoms with van der Waals surface area (Å²) in [4.78, 5) is 37.8. The van der Waals surface area contributed by atoms with Crippen LogP contribution in [0, 0.1) is 0 Å². The molecule has 2 heterocycles. The molecule has 0 spiro atoms. The van der Waals surface area contributed by atoms with Crippen LogP contribution in [0.15, 0.2) is 60.7 Å². The van der Waals surface area contributed by atoms with Crippen LogP contribution in [0.2, 0.25) is 0 Å². The molecule has 0 radical (unpaired) electrons. The van der Waals surface area contributed by atoms with Crippen LogP contribution in [0.5, 0.6) is 0 Å². The van der Waals surface area contributed by atoms with E-state index in [1.807, 2.05) is 0 Å². The van der Waals surface area contributed by atoms with E-state index in [1.165, 1.54) is 6.92 Å². The number of benzene rings is 2. The molecule has 1 fully saturated rings. The van der Waals surface area contributed by atoms with Crippen molar-refractivity contribution in [1.29, 1.82) is 0 Å². The second kappa shape index (κ2) is 6.86. The molecule has 2 aromatic rings. The third kappa shape index (κ3) is 3.40. The van der Waals surface area contributed by atoms with Gasteiger partial charge in [-0.1, -0.05) is 60.7 Å². The van der Waals surface area contributed by atoms with Crippen molar-refractivity contribution in [3.8, 4) is 0 Å². The first-order valence-corrected chi connectivity index (χ1v) is 9.05. The van der Waals surface area contributed by atoms with Crippen LogP contribution in [0.1, 0.15) is 30.9 Å². The molecule has 2 bridgehead atoms. The van der Waals surface area contributed by atoms with Gasteiger partial charge >= 0.3 is 17.9 Å². The molecule has 2 atom stereocenters. The number of cyclic esters (lactones) is 1. The summed E-state index contributed by atoms with van der Waals surface area (Å²) in [5.41, 5.74) is -1.14. The van der Waals surface area contributed by atoms with Crippen LogP contribution in [-0.2, 0) is 28.6 Å². The molecule has 1 saturated heterocycles. The van der Waals surface area contributed by atoms with Crippen LogP contribution in [0.25, 0.3) is 11.3 Å². The average molecular weight is 394 g/mol.